The largest absolute Gasteiger partial charge is 0.497 e. The summed E-state index contributed by atoms with van der Waals surface area (Å²) >= 11 is 0. The molecule has 0 saturated heterocycles. The lowest BCUT2D eigenvalue weighted by atomic mass is 10.0. The van der Waals surface area contributed by atoms with Crippen molar-refractivity contribution in [3.8, 4) is 5.75 Å². The number of rotatable bonds is 4. The van der Waals surface area contributed by atoms with Gasteiger partial charge >= 0.3 is 0 Å². The quantitative estimate of drug-likeness (QED) is 0.360. The van der Waals surface area contributed by atoms with E-state index in [-0.39, 0.29) is 22.8 Å². The fraction of sp³-hybridized carbons (Fsp3) is 0.0909. The van der Waals surface area contributed by atoms with Crippen molar-refractivity contribution in [1.82, 2.24) is 0 Å². The van der Waals surface area contributed by atoms with Crippen molar-refractivity contribution in [3.63, 3.8) is 0 Å². The lowest BCUT2D eigenvalue weighted by Crippen LogP contribution is -2.38. The molecule has 0 atom stereocenters. The second-order valence-electron chi connectivity index (χ2n) is 6.05. The number of pyridine rings is 1. The van der Waals surface area contributed by atoms with Gasteiger partial charge in [-0.3, -0.25) is 4.79 Å². The Balaban J connectivity index is 0.00000196. The summed E-state index contributed by atoms with van der Waals surface area (Å²) in [6.07, 6.45) is 1.94. The molecule has 0 N–H and O–H groups in total. The third-order valence-electron chi connectivity index (χ3n) is 4.47. The van der Waals surface area contributed by atoms with Gasteiger partial charge in [-0.25, -0.2) is 0 Å². The molecule has 0 aliphatic carbocycles. The highest BCUT2D eigenvalue weighted by atomic mass is 79.9. The highest BCUT2D eigenvalue weighted by Gasteiger charge is 2.16. The molecule has 0 amide bonds. The zero-order chi connectivity index (χ0) is 17.2. The third-order valence-corrected chi connectivity index (χ3v) is 4.47. The van der Waals surface area contributed by atoms with E-state index in [0.717, 1.165) is 33.0 Å². The molecule has 1 heterocycles. The first-order valence-corrected chi connectivity index (χ1v) is 8.23. The number of hydrogen-bond donors (Lipinski definition) is 0. The molecular weight excluding hydrogens is 390 g/mol. The van der Waals surface area contributed by atoms with E-state index in [1.165, 1.54) is 0 Å². The monoisotopic (exact) mass is 408 g/mol. The Bertz CT molecular complexity index is 1090. The van der Waals surface area contributed by atoms with Crippen LogP contribution in [0, 0.1) is 0 Å². The summed E-state index contributed by atoms with van der Waals surface area (Å²) in [4.78, 5) is 12.8. The van der Waals surface area contributed by atoms with Crippen LogP contribution in [0.5, 0.6) is 5.75 Å². The third kappa shape index (κ3) is 3.46. The predicted molar refractivity (Wildman–Crippen MR) is 109 cm³/mol. The lowest BCUT2D eigenvalue weighted by molar-refractivity contribution is -0.657. The van der Waals surface area contributed by atoms with Crippen LogP contribution in [0.4, 0.5) is 0 Å². The summed E-state index contributed by atoms with van der Waals surface area (Å²) in [5.74, 6) is 0.908. The van der Waals surface area contributed by atoms with E-state index in [2.05, 4.69) is 6.07 Å². The standard InChI is InChI=1S/C22H18NO2.BrH/c1-25-20-10-11-21-18(14-20)7-4-12-23(21)15-22(24)19-9-8-16-5-2-3-6-17(16)13-19;/h2-14H,15H2,1H3;1H/q+1;. The number of ketones is 1. The molecular formula is C22H19BrNO2+. The van der Waals surface area contributed by atoms with Crippen LogP contribution >= 0.6 is 17.0 Å². The Morgan fingerprint density at radius 1 is 0.885 bits per heavy atom. The Hall–Kier alpha value is -2.72. The van der Waals surface area contributed by atoms with Gasteiger partial charge in [0.05, 0.1) is 12.5 Å². The number of benzene rings is 3. The smallest absolute Gasteiger partial charge is 0.227 e. The normalized spacial score (nSPS) is 10.5. The van der Waals surface area contributed by atoms with Crippen LogP contribution in [0.3, 0.4) is 0 Å². The van der Waals surface area contributed by atoms with Crippen LogP contribution in [0.1, 0.15) is 10.4 Å². The van der Waals surface area contributed by atoms with Crippen molar-refractivity contribution in [3.05, 3.63) is 84.6 Å². The van der Waals surface area contributed by atoms with Crippen molar-refractivity contribution in [2.24, 2.45) is 0 Å². The molecule has 3 nitrogen and oxygen atoms in total. The number of Topliss-reactive ketones (excluding diaryl/α,β-unsaturated/α-hetero) is 1. The molecule has 4 heteroatoms. The summed E-state index contributed by atoms with van der Waals surface area (Å²) in [5.41, 5.74) is 1.74. The Morgan fingerprint density at radius 3 is 2.46 bits per heavy atom. The predicted octanol–water partition coefficient (Wildman–Crippen LogP) is 4.75. The molecule has 0 radical (unpaired) electrons. The summed E-state index contributed by atoms with van der Waals surface area (Å²) in [7, 11) is 1.65. The van der Waals surface area contributed by atoms with Gasteiger partial charge in [-0.15, -0.1) is 17.0 Å². The van der Waals surface area contributed by atoms with E-state index in [4.69, 9.17) is 4.74 Å². The van der Waals surface area contributed by atoms with Gasteiger partial charge in [0, 0.05) is 17.7 Å². The van der Waals surface area contributed by atoms with E-state index in [9.17, 15) is 4.79 Å². The van der Waals surface area contributed by atoms with Crippen LogP contribution < -0.4 is 9.30 Å². The van der Waals surface area contributed by atoms with Crippen LogP contribution in [-0.2, 0) is 6.54 Å². The fourth-order valence-corrected chi connectivity index (χ4v) is 3.13. The number of fused-ring (bicyclic) bond motifs is 2. The average Bonchev–Trinajstić information content (AvgIpc) is 2.67. The van der Waals surface area contributed by atoms with E-state index in [1.807, 2.05) is 77.5 Å². The maximum atomic E-state index is 12.8. The number of ether oxygens (including phenoxy) is 1. The van der Waals surface area contributed by atoms with Gasteiger partial charge in [0.1, 0.15) is 5.75 Å². The molecule has 0 bridgehead atoms. The van der Waals surface area contributed by atoms with Crippen molar-refractivity contribution in [2.75, 3.05) is 7.11 Å². The van der Waals surface area contributed by atoms with Gasteiger partial charge in [-0.05, 0) is 35.0 Å². The van der Waals surface area contributed by atoms with E-state index in [0.29, 0.717) is 6.54 Å². The molecule has 0 fully saturated rings. The first-order valence-electron chi connectivity index (χ1n) is 8.23. The molecule has 4 aromatic rings. The summed E-state index contributed by atoms with van der Waals surface area (Å²) in [6.45, 7) is 0.308. The molecule has 0 unspecified atom stereocenters. The van der Waals surface area contributed by atoms with Gasteiger partial charge in [-0.1, -0.05) is 36.4 Å². The number of carbonyl (C=O) groups is 1. The van der Waals surface area contributed by atoms with Crippen molar-refractivity contribution in [2.45, 2.75) is 6.54 Å². The topological polar surface area (TPSA) is 30.2 Å². The maximum Gasteiger partial charge on any atom is 0.227 e. The number of carbonyl (C=O) groups excluding carboxylic acids is 1. The lowest BCUT2D eigenvalue weighted by Gasteiger charge is -2.05. The Morgan fingerprint density at radius 2 is 1.65 bits per heavy atom. The van der Waals surface area contributed by atoms with E-state index < -0.39 is 0 Å². The Kier molecular flexibility index (Phi) is 5.33. The highest BCUT2D eigenvalue weighted by molar-refractivity contribution is 8.93. The molecule has 0 aliphatic heterocycles. The summed E-state index contributed by atoms with van der Waals surface area (Å²) in [5, 5.41) is 3.28. The van der Waals surface area contributed by atoms with Gasteiger partial charge in [0.25, 0.3) is 0 Å². The minimum absolute atomic E-state index is 0. The molecule has 1 aromatic heterocycles. The maximum absolute atomic E-state index is 12.8. The van der Waals surface area contributed by atoms with Gasteiger partial charge < -0.3 is 4.74 Å². The van der Waals surface area contributed by atoms with Crippen LogP contribution in [0.25, 0.3) is 21.7 Å². The van der Waals surface area contributed by atoms with Crippen molar-refractivity contribution < 1.29 is 14.1 Å². The van der Waals surface area contributed by atoms with Gasteiger partial charge in [0.15, 0.2) is 6.20 Å². The number of aromatic nitrogens is 1. The molecule has 130 valence electrons. The summed E-state index contributed by atoms with van der Waals surface area (Å²) in [6, 6.07) is 23.8. The molecule has 0 saturated carbocycles. The SMILES string of the molecule is Br.COc1ccc2c(ccc[n+]2CC(=O)c2ccc3ccccc3c2)c1. The molecule has 3 aromatic carbocycles. The number of nitrogens with zero attached hydrogens (tertiary/aromatic N) is 1. The molecule has 0 spiro atoms. The Labute approximate surface area is 162 Å². The molecule has 0 aliphatic rings. The molecule has 4 rings (SSSR count). The van der Waals surface area contributed by atoms with Gasteiger partial charge in [0.2, 0.25) is 17.8 Å². The highest BCUT2D eigenvalue weighted by Crippen LogP contribution is 2.19. The minimum atomic E-state index is 0. The van der Waals surface area contributed by atoms with Crippen molar-refractivity contribution in [1.29, 1.82) is 0 Å². The number of hydrogen-bond acceptors (Lipinski definition) is 2. The zero-order valence-corrected chi connectivity index (χ0v) is 16.1. The fourth-order valence-electron chi connectivity index (χ4n) is 3.13. The van der Waals surface area contributed by atoms with Crippen LogP contribution in [0.2, 0.25) is 0 Å². The van der Waals surface area contributed by atoms with Gasteiger partial charge in [-0.2, -0.15) is 4.57 Å². The first kappa shape index (κ1) is 18.1. The van der Waals surface area contributed by atoms with E-state index in [1.54, 1.807) is 7.11 Å². The van der Waals surface area contributed by atoms with Crippen molar-refractivity contribution >= 4 is 44.4 Å². The van der Waals surface area contributed by atoms with Crippen LogP contribution in [0.15, 0.2) is 79.0 Å². The van der Waals surface area contributed by atoms with E-state index >= 15 is 0 Å². The number of halogens is 1. The van der Waals surface area contributed by atoms with Crippen LogP contribution in [-0.4, -0.2) is 12.9 Å². The second-order valence-corrected chi connectivity index (χ2v) is 6.05. The summed E-state index contributed by atoms with van der Waals surface area (Å²) < 4.78 is 7.26. The molecule has 26 heavy (non-hydrogen) atoms. The number of methoxy groups -OCH3 is 1. The average molecular weight is 409 g/mol. The first-order chi connectivity index (χ1) is 12.2. The zero-order valence-electron chi connectivity index (χ0n) is 14.4. The minimum Gasteiger partial charge on any atom is -0.497 e. The second kappa shape index (κ2) is 7.67.